The molecule has 0 saturated carbocycles. The van der Waals surface area contributed by atoms with Crippen molar-refractivity contribution < 1.29 is 28.2 Å². The van der Waals surface area contributed by atoms with Crippen LogP contribution >= 0.6 is 0 Å². The lowest BCUT2D eigenvalue weighted by Gasteiger charge is -2.24. The van der Waals surface area contributed by atoms with Gasteiger partial charge in [-0.15, -0.1) is 0 Å². The molecule has 0 spiro atoms. The maximum absolute atomic E-state index is 12.7. The summed E-state index contributed by atoms with van der Waals surface area (Å²) >= 11 is 0. The summed E-state index contributed by atoms with van der Waals surface area (Å²) in [5.74, 6) is -2.75. The van der Waals surface area contributed by atoms with E-state index in [9.17, 15) is 13.6 Å². The van der Waals surface area contributed by atoms with Gasteiger partial charge in [-0.1, -0.05) is 0 Å². The standard InChI is InChI=1S/C9H15F2NO2.CH2O2/c1-8(2,3)14-7(13)12-5-4-9(10,11)6-12;2-1-3/h4-6H2,1-3H3;1H,(H,2,3). The lowest BCUT2D eigenvalue weighted by Crippen LogP contribution is -2.36. The van der Waals surface area contributed by atoms with E-state index in [0.717, 1.165) is 4.90 Å². The fourth-order valence-corrected chi connectivity index (χ4v) is 1.22. The minimum atomic E-state index is -2.75. The molecule has 1 aliphatic rings. The van der Waals surface area contributed by atoms with Gasteiger partial charge in [-0.3, -0.25) is 4.79 Å². The number of carboxylic acid groups (broad SMARTS) is 1. The number of ether oxygens (including phenoxy) is 1. The number of amides is 1. The van der Waals surface area contributed by atoms with E-state index in [4.69, 9.17) is 14.6 Å². The van der Waals surface area contributed by atoms with Gasteiger partial charge < -0.3 is 14.7 Å². The summed E-state index contributed by atoms with van der Waals surface area (Å²) in [6.45, 7) is 4.42. The summed E-state index contributed by atoms with van der Waals surface area (Å²) in [6.07, 6.45) is -0.929. The normalized spacial score (nSPS) is 18.1. The van der Waals surface area contributed by atoms with Crippen LogP contribution < -0.4 is 0 Å². The Morgan fingerprint density at radius 1 is 1.47 bits per heavy atom. The van der Waals surface area contributed by atoms with Gasteiger partial charge in [0.15, 0.2) is 0 Å². The Morgan fingerprint density at radius 2 is 1.94 bits per heavy atom. The minimum absolute atomic E-state index is 0.0713. The largest absolute Gasteiger partial charge is 0.483 e. The van der Waals surface area contributed by atoms with Crippen LogP contribution in [0.4, 0.5) is 13.6 Å². The number of halogens is 2. The van der Waals surface area contributed by atoms with Gasteiger partial charge in [-0.25, -0.2) is 13.6 Å². The van der Waals surface area contributed by atoms with Crippen molar-refractivity contribution >= 4 is 12.6 Å². The average molecular weight is 253 g/mol. The van der Waals surface area contributed by atoms with Crippen LogP contribution in [0.2, 0.25) is 0 Å². The summed E-state index contributed by atoms with van der Waals surface area (Å²) in [6, 6.07) is 0. The van der Waals surface area contributed by atoms with Crippen LogP contribution in [-0.2, 0) is 9.53 Å². The van der Waals surface area contributed by atoms with E-state index < -0.39 is 24.2 Å². The fraction of sp³-hybridized carbons (Fsp3) is 0.800. The van der Waals surface area contributed by atoms with Gasteiger partial charge in [0.2, 0.25) is 0 Å². The molecule has 5 nitrogen and oxygen atoms in total. The second-order valence-corrected chi connectivity index (χ2v) is 4.61. The molecule has 0 unspecified atom stereocenters. The maximum atomic E-state index is 12.7. The van der Waals surface area contributed by atoms with Crippen molar-refractivity contribution in [1.82, 2.24) is 4.90 Å². The highest BCUT2D eigenvalue weighted by Gasteiger charge is 2.41. The first-order valence-electron chi connectivity index (χ1n) is 5.05. The van der Waals surface area contributed by atoms with Gasteiger partial charge in [-0.05, 0) is 20.8 Å². The van der Waals surface area contributed by atoms with Crippen molar-refractivity contribution in [2.24, 2.45) is 0 Å². The number of alkyl halides is 2. The van der Waals surface area contributed by atoms with Crippen LogP contribution in [0.1, 0.15) is 27.2 Å². The number of carbonyl (C=O) groups is 2. The monoisotopic (exact) mass is 253 g/mol. The first-order chi connectivity index (χ1) is 7.61. The topological polar surface area (TPSA) is 66.8 Å². The summed E-state index contributed by atoms with van der Waals surface area (Å²) < 4.78 is 30.4. The lowest BCUT2D eigenvalue weighted by molar-refractivity contribution is -0.122. The molecule has 1 saturated heterocycles. The zero-order chi connectivity index (χ0) is 13.7. The van der Waals surface area contributed by atoms with Gasteiger partial charge in [0, 0.05) is 13.0 Å². The van der Waals surface area contributed by atoms with Crippen LogP contribution in [0.25, 0.3) is 0 Å². The molecule has 100 valence electrons. The Labute approximate surface area is 98.3 Å². The van der Waals surface area contributed by atoms with Crippen LogP contribution in [0.5, 0.6) is 0 Å². The van der Waals surface area contributed by atoms with Crippen molar-refractivity contribution in [3.63, 3.8) is 0 Å². The lowest BCUT2D eigenvalue weighted by atomic mass is 10.2. The maximum Gasteiger partial charge on any atom is 0.410 e. The minimum Gasteiger partial charge on any atom is -0.483 e. The predicted molar refractivity (Wildman–Crippen MR) is 56.1 cm³/mol. The molecule has 1 fully saturated rings. The van der Waals surface area contributed by atoms with Crippen LogP contribution in [0.15, 0.2) is 0 Å². The quantitative estimate of drug-likeness (QED) is 0.670. The van der Waals surface area contributed by atoms with Gasteiger partial charge >= 0.3 is 6.09 Å². The molecule has 0 aromatic rings. The third-order valence-electron chi connectivity index (χ3n) is 1.82. The Morgan fingerprint density at radius 3 is 2.24 bits per heavy atom. The summed E-state index contributed by atoms with van der Waals surface area (Å²) in [5.41, 5.74) is -0.630. The average Bonchev–Trinajstić information content (AvgIpc) is 2.44. The van der Waals surface area contributed by atoms with E-state index in [1.54, 1.807) is 20.8 Å². The van der Waals surface area contributed by atoms with E-state index in [0.29, 0.717) is 0 Å². The summed E-state index contributed by atoms with van der Waals surface area (Å²) in [7, 11) is 0. The van der Waals surface area contributed by atoms with E-state index >= 15 is 0 Å². The van der Waals surface area contributed by atoms with Gasteiger partial charge in [0.05, 0.1) is 6.54 Å². The van der Waals surface area contributed by atoms with Crippen molar-refractivity contribution in [3.05, 3.63) is 0 Å². The third kappa shape index (κ3) is 6.70. The number of carbonyl (C=O) groups excluding carboxylic acids is 1. The molecule has 0 bridgehead atoms. The van der Waals surface area contributed by atoms with Crippen LogP contribution in [0.3, 0.4) is 0 Å². The molecule has 1 aliphatic heterocycles. The molecular weight excluding hydrogens is 236 g/mol. The smallest absolute Gasteiger partial charge is 0.410 e. The number of likely N-dealkylation sites (tertiary alicyclic amines) is 1. The highest BCUT2D eigenvalue weighted by atomic mass is 19.3. The SMILES string of the molecule is CC(C)(C)OC(=O)N1CCC(F)(F)C1.O=CO. The van der Waals surface area contributed by atoms with Crippen molar-refractivity contribution in [1.29, 1.82) is 0 Å². The molecule has 17 heavy (non-hydrogen) atoms. The van der Waals surface area contributed by atoms with E-state index in [1.165, 1.54) is 0 Å². The molecule has 1 heterocycles. The molecule has 1 N–H and O–H groups in total. The zero-order valence-electron chi connectivity index (χ0n) is 10.1. The first-order valence-corrected chi connectivity index (χ1v) is 5.05. The second-order valence-electron chi connectivity index (χ2n) is 4.61. The number of nitrogens with zero attached hydrogens (tertiary/aromatic N) is 1. The van der Waals surface area contributed by atoms with Crippen LogP contribution in [0, 0.1) is 0 Å². The number of hydrogen-bond acceptors (Lipinski definition) is 3. The van der Waals surface area contributed by atoms with Gasteiger partial charge in [-0.2, -0.15) is 0 Å². The Bertz CT molecular complexity index is 276. The van der Waals surface area contributed by atoms with Crippen LogP contribution in [-0.4, -0.2) is 47.2 Å². The summed E-state index contributed by atoms with van der Waals surface area (Å²) in [5, 5.41) is 6.89. The molecule has 0 aliphatic carbocycles. The second kappa shape index (κ2) is 5.79. The number of rotatable bonds is 0. The molecular formula is C10H17F2NO4. The van der Waals surface area contributed by atoms with E-state index in [1.807, 2.05) is 0 Å². The van der Waals surface area contributed by atoms with Crippen molar-refractivity contribution in [2.75, 3.05) is 13.1 Å². The van der Waals surface area contributed by atoms with E-state index in [-0.39, 0.29) is 19.4 Å². The highest BCUT2D eigenvalue weighted by Crippen LogP contribution is 2.27. The molecule has 0 aromatic carbocycles. The third-order valence-corrected chi connectivity index (χ3v) is 1.82. The predicted octanol–water partition coefficient (Wildman–Crippen LogP) is 1.96. The fourth-order valence-electron chi connectivity index (χ4n) is 1.22. The molecule has 1 amide bonds. The molecule has 0 aromatic heterocycles. The van der Waals surface area contributed by atoms with Gasteiger partial charge in [0.1, 0.15) is 5.60 Å². The van der Waals surface area contributed by atoms with E-state index in [2.05, 4.69) is 0 Å². The molecule has 1 rings (SSSR count). The molecule has 7 heteroatoms. The zero-order valence-corrected chi connectivity index (χ0v) is 10.1. The first kappa shape index (κ1) is 15.6. The molecule has 0 radical (unpaired) electrons. The highest BCUT2D eigenvalue weighted by molar-refractivity contribution is 5.68. The summed E-state index contributed by atoms with van der Waals surface area (Å²) in [4.78, 5) is 20.7. The van der Waals surface area contributed by atoms with Crippen molar-refractivity contribution in [2.45, 2.75) is 38.7 Å². The number of hydrogen-bond donors (Lipinski definition) is 1. The Balaban J connectivity index is 0.000000770. The Hall–Kier alpha value is -1.40. The van der Waals surface area contributed by atoms with Crippen molar-refractivity contribution in [3.8, 4) is 0 Å². The Kier molecular flexibility index (Phi) is 5.31. The van der Waals surface area contributed by atoms with Gasteiger partial charge in [0.25, 0.3) is 12.4 Å². The molecule has 0 atom stereocenters.